The molecule has 8 heteroatoms. The monoisotopic (exact) mass is 341 g/mol. The molecule has 0 radical (unpaired) electrons. The minimum absolute atomic E-state index is 0.0522. The molecule has 1 N–H and O–H groups in total. The lowest BCUT2D eigenvalue weighted by molar-refractivity contribution is 0.0708. The maximum Gasteiger partial charge on any atom is 0.255 e. The SMILES string of the molecule is CCN(C(=O)c1ccc(NCCOC)nc1)C1CCS(=O)(=O)C1. The van der Waals surface area contributed by atoms with E-state index in [9.17, 15) is 13.2 Å². The topological polar surface area (TPSA) is 88.6 Å². The van der Waals surface area contributed by atoms with Crippen LogP contribution in [0.2, 0.25) is 0 Å². The van der Waals surface area contributed by atoms with Crippen LogP contribution in [0.1, 0.15) is 23.7 Å². The van der Waals surface area contributed by atoms with Gasteiger partial charge in [-0.2, -0.15) is 0 Å². The van der Waals surface area contributed by atoms with Gasteiger partial charge >= 0.3 is 0 Å². The summed E-state index contributed by atoms with van der Waals surface area (Å²) in [7, 11) is -1.39. The van der Waals surface area contributed by atoms with Gasteiger partial charge in [-0.3, -0.25) is 4.79 Å². The Morgan fingerprint density at radius 3 is 2.78 bits per heavy atom. The minimum atomic E-state index is -3.02. The predicted octanol–water partition coefficient (Wildman–Crippen LogP) is 0.789. The van der Waals surface area contributed by atoms with E-state index in [1.807, 2.05) is 6.92 Å². The van der Waals surface area contributed by atoms with E-state index in [0.29, 0.717) is 37.5 Å². The summed E-state index contributed by atoms with van der Waals surface area (Å²) in [5.74, 6) is 0.703. The van der Waals surface area contributed by atoms with E-state index in [2.05, 4.69) is 10.3 Å². The summed E-state index contributed by atoms with van der Waals surface area (Å²) < 4.78 is 28.2. The van der Waals surface area contributed by atoms with Crippen LogP contribution in [0.15, 0.2) is 18.3 Å². The highest BCUT2D eigenvalue weighted by Gasteiger charge is 2.34. The maximum absolute atomic E-state index is 12.6. The second-order valence-electron chi connectivity index (χ2n) is 5.50. The van der Waals surface area contributed by atoms with Crippen LogP contribution in [0.25, 0.3) is 0 Å². The normalized spacial score (nSPS) is 19.5. The van der Waals surface area contributed by atoms with E-state index >= 15 is 0 Å². The number of nitrogens with zero attached hydrogens (tertiary/aromatic N) is 2. The maximum atomic E-state index is 12.6. The highest BCUT2D eigenvalue weighted by molar-refractivity contribution is 7.91. The number of nitrogens with one attached hydrogen (secondary N) is 1. The van der Waals surface area contributed by atoms with Crippen molar-refractivity contribution in [3.63, 3.8) is 0 Å². The average Bonchev–Trinajstić information content (AvgIpc) is 2.89. The van der Waals surface area contributed by atoms with Crippen LogP contribution >= 0.6 is 0 Å². The predicted molar refractivity (Wildman–Crippen MR) is 88.4 cm³/mol. The van der Waals surface area contributed by atoms with Gasteiger partial charge in [0.15, 0.2) is 9.84 Å². The van der Waals surface area contributed by atoms with Crippen LogP contribution in [0, 0.1) is 0 Å². The quantitative estimate of drug-likeness (QED) is 0.738. The van der Waals surface area contributed by atoms with E-state index in [1.165, 1.54) is 6.20 Å². The summed E-state index contributed by atoms with van der Waals surface area (Å²) in [5.41, 5.74) is 0.466. The number of hydrogen-bond acceptors (Lipinski definition) is 6. The Hall–Kier alpha value is -1.67. The first kappa shape index (κ1) is 17.7. The van der Waals surface area contributed by atoms with Gasteiger partial charge in [0.05, 0.1) is 23.7 Å². The van der Waals surface area contributed by atoms with Crippen LogP contribution in [0.4, 0.5) is 5.82 Å². The number of amides is 1. The molecule has 1 aliphatic rings. The first-order valence-corrected chi connectivity index (χ1v) is 9.49. The van der Waals surface area contributed by atoms with Gasteiger partial charge in [-0.25, -0.2) is 13.4 Å². The van der Waals surface area contributed by atoms with Crippen LogP contribution in [0.3, 0.4) is 0 Å². The Bertz CT molecular complexity index is 631. The first-order chi connectivity index (χ1) is 11.0. The Kier molecular flexibility index (Phi) is 5.95. The molecule has 1 aliphatic heterocycles. The molecular weight excluding hydrogens is 318 g/mol. The highest BCUT2D eigenvalue weighted by Crippen LogP contribution is 2.20. The molecule has 2 rings (SSSR count). The molecule has 1 amide bonds. The number of pyridine rings is 1. The molecule has 0 aliphatic carbocycles. The summed E-state index contributed by atoms with van der Waals surface area (Å²) in [4.78, 5) is 18.4. The number of ether oxygens (including phenoxy) is 1. The molecular formula is C15H23N3O4S. The molecule has 128 valence electrons. The number of aromatic nitrogens is 1. The smallest absolute Gasteiger partial charge is 0.255 e. The lowest BCUT2D eigenvalue weighted by Crippen LogP contribution is -2.41. The Morgan fingerprint density at radius 2 is 2.26 bits per heavy atom. The van der Waals surface area contributed by atoms with Gasteiger partial charge in [-0.1, -0.05) is 0 Å². The molecule has 0 aromatic carbocycles. The lowest BCUT2D eigenvalue weighted by atomic mass is 10.1. The van der Waals surface area contributed by atoms with Crippen LogP contribution in [-0.4, -0.2) is 68.6 Å². The van der Waals surface area contributed by atoms with Gasteiger partial charge in [0.2, 0.25) is 0 Å². The third-order valence-corrected chi connectivity index (χ3v) is 5.62. The van der Waals surface area contributed by atoms with Gasteiger partial charge < -0.3 is 15.0 Å². The summed E-state index contributed by atoms with van der Waals surface area (Å²) in [5, 5.41) is 3.08. The van der Waals surface area contributed by atoms with Gasteiger partial charge in [0.25, 0.3) is 5.91 Å². The highest BCUT2D eigenvalue weighted by atomic mass is 32.2. The molecule has 0 saturated carbocycles. The number of hydrogen-bond donors (Lipinski definition) is 1. The van der Waals surface area contributed by atoms with E-state index in [0.717, 1.165) is 0 Å². The zero-order valence-electron chi connectivity index (χ0n) is 13.5. The van der Waals surface area contributed by atoms with Crippen molar-refractivity contribution < 1.29 is 17.9 Å². The molecule has 23 heavy (non-hydrogen) atoms. The number of sulfone groups is 1. The Balaban J connectivity index is 2.03. The Labute approximate surface area is 137 Å². The molecule has 1 atom stereocenters. The molecule has 7 nitrogen and oxygen atoms in total. The molecule has 2 heterocycles. The number of rotatable bonds is 7. The number of anilines is 1. The lowest BCUT2D eigenvalue weighted by Gasteiger charge is -2.26. The van der Waals surface area contributed by atoms with Crippen LogP contribution in [0.5, 0.6) is 0 Å². The fourth-order valence-corrected chi connectivity index (χ4v) is 4.39. The van der Waals surface area contributed by atoms with Crippen molar-refractivity contribution in [3.8, 4) is 0 Å². The third-order valence-electron chi connectivity index (χ3n) is 3.87. The fourth-order valence-electron chi connectivity index (χ4n) is 2.66. The molecule has 1 fully saturated rings. The fraction of sp³-hybridized carbons (Fsp3) is 0.600. The number of methoxy groups -OCH3 is 1. The largest absolute Gasteiger partial charge is 0.383 e. The van der Waals surface area contributed by atoms with Crippen molar-refractivity contribution in [1.82, 2.24) is 9.88 Å². The molecule has 1 aromatic heterocycles. The van der Waals surface area contributed by atoms with Crippen molar-refractivity contribution >= 4 is 21.6 Å². The zero-order valence-corrected chi connectivity index (χ0v) is 14.3. The van der Waals surface area contributed by atoms with Crippen LogP contribution < -0.4 is 5.32 Å². The summed E-state index contributed by atoms with van der Waals surface area (Å²) >= 11 is 0. The zero-order chi connectivity index (χ0) is 16.9. The van der Waals surface area contributed by atoms with Crippen molar-refractivity contribution in [3.05, 3.63) is 23.9 Å². The molecule has 1 unspecified atom stereocenters. The van der Waals surface area contributed by atoms with Crippen LogP contribution in [-0.2, 0) is 14.6 Å². The first-order valence-electron chi connectivity index (χ1n) is 7.67. The van der Waals surface area contributed by atoms with Gasteiger partial charge in [0.1, 0.15) is 5.82 Å². The van der Waals surface area contributed by atoms with Crippen molar-refractivity contribution in [2.45, 2.75) is 19.4 Å². The molecule has 0 spiro atoms. The molecule has 1 aromatic rings. The number of carbonyl (C=O) groups is 1. The summed E-state index contributed by atoms with van der Waals surface area (Å²) in [6.45, 7) is 3.55. The van der Waals surface area contributed by atoms with Crippen molar-refractivity contribution in [1.29, 1.82) is 0 Å². The third kappa shape index (κ3) is 4.65. The second kappa shape index (κ2) is 7.74. The second-order valence-corrected chi connectivity index (χ2v) is 7.73. The van der Waals surface area contributed by atoms with Gasteiger partial charge in [-0.05, 0) is 25.5 Å². The van der Waals surface area contributed by atoms with E-state index in [4.69, 9.17) is 4.74 Å². The van der Waals surface area contributed by atoms with E-state index in [-0.39, 0.29) is 23.5 Å². The van der Waals surface area contributed by atoms with Crippen molar-refractivity contribution in [2.24, 2.45) is 0 Å². The van der Waals surface area contributed by atoms with Gasteiger partial charge in [0, 0.05) is 32.4 Å². The van der Waals surface area contributed by atoms with E-state index < -0.39 is 9.84 Å². The summed E-state index contributed by atoms with van der Waals surface area (Å²) in [6, 6.07) is 3.20. The minimum Gasteiger partial charge on any atom is -0.383 e. The molecule has 1 saturated heterocycles. The standard InChI is InChI=1S/C15H23N3O4S/c1-3-18(13-6-9-23(20,21)11-13)15(19)12-4-5-14(17-10-12)16-7-8-22-2/h4-5,10,13H,3,6-9,11H2,1-2H3,(H,16,17). The average molecular weight is 341 g/mol. The summed E-state index contributed by atoms with van der Waals surface area (Å²) in [6.07, 6.45) is 2.02. The Morgan fingerprint density at radius 1 is 1.48 bits per heavy atom. The van der Waals surface area contributed by atoms with Gasteiger partial charge in [-0.15, -0.1) is 0 Å². The van der Waals surface area contributed by atoms with Crippen molar-refractivity contribution in [2.75, 3.05) is 43.6 Å². The van der Waals surface area contributed by atoms with E-state index in [1.54, 1.807) is 24.1 Å². The number of carbonyl (C=O) groups excluding carboxylic acids is 1. The molecule has 0 bridgehead atoms.